The molecule has 1 aliphatic carbocycles. The summed E-state index contributed by atoms with van der Waals surface area (Å²) in [6.07, 6.45) is 2.41. The topological polar surface area (TPSA) is 50.9 Å². The number of aromatic nitrogens is 1. The van der Waals surface area contributed by atoms with Gasteiger partial charge in [-0.2, -0.15) is 0 Å². The van der Waals surface area contributed by atoms with E-state index < -0.39 is 0 Å². The molecule has 1 heterocycles. The molecule has 70 valence electrons. The second-order valence-corrected chi connectivity index (χ2v) is 4.31. The molecule has 1 saturated carbocycles. The van der Waals surface area contributed by atoms with E-state index in [1.807, 2.05) is 6.07 Å². The molecule has 13 heavy (non-hydrogen) atoms. The van der Waals surface area contributed by atoms with E-state index in [4.69, 9.17) is 17.4 Å². The minimum atomic E-state index is 0.581. The van der Waals surface area contributed by atoms with Crippen LogP contribution in [0, 0.1) is 0 Å². The Labute approximate surface area is 89.8 Å². The fraction of sp³-hybridized carbons (Fsp3) is 0.375. The Morgan fingerprint density at radius 3 is 2.85 bits per heavy atom. The van der Waals surface area contributed by atoms with Crippen LogP contribution in [0.3, 0.4) is 0 Å². The molecule has 0 radical (unpaired) electrons. The maximum Gasteiger partial charge on any atom is 0.156 e. The standard InChI is InChI=1S/C8H9BrClN3/c9-7-5(10)3-6(4-1-2-4)12-8(7)13-11/h3-4H,1-2,11H2,(H,12,13). The van der Waals surface area contributed by atoms with Crippen molar-refractivity contribution in [2.45, 2.75) is 18.8 Å². The molecule has 0 unspecified atom stereocenters. The van der Waals surface area contributed by atoms with Gasteiger partial charge in [-0.05, 0) is 34.8 Å². The van der Waals surface area contributed by atoms with E-state index >= 15 is 0 Å². The van der Waals surface area contributed by atoms with Gasteiger partial charge in [-0.3, -0.25) is 0 Å². The van der Waals surface area contributed by atoms with Crippen LogP contribution in [0.5, 0.6) is 0 Å². The molecular formula is C8H9BrClN3. The molecule has 0 bridgehead atoms. The first kappa shape index (κ1) is 9.24. The summed E-state index contributed by atoms with van der Waals surface area (Å²) in [4.78, 5) is 4.35. The fourth-order valence-electron chi connectivity index (χ4n) is 1.20. The van der Waals surface area contributed by atoms with Crippen molar-refractivity contribution >= 4 is 33.3 Å². The Bertz CT molecular complexity index is 338. The fourth-order valence-corrected chi connectivity index (χ4v) is 1.72. The summed E-state index contributed by atoms with van der Waals surface area (Å²) in [6, 6.07) is 1.89. The Morgan fingerprint density at radius 2 is 2.31 bits per heavy atom. The lowest BCUT2D eigenvalue weighted by atomic mass is 10.2. The van der Waals surface area contributed by atoms with Gasteiger partial charge in [0, 0.05) is 11.6 Å². The van der Waals surface area contributed by atoms with Crippen molar-refractivity contribution in [2.24, 2.45) is 5.84 Å². The van der Waals surface area contributed by atoms with Crippen LogP contribution < -0.4 is 11.3 Å². The third-order valence-electron chi connectivity index (χ3n) is 2.07. The van der Waals surface area contributed by atoms with Gasteiger partial charge >= 0.3 is 0 Å². The quantitative estimate of drug-likeness (QED) is 0.636. The van der Waals surface area contributed by atoms with E-state index in [0.29, 0.717) is 16.8 Å². The molecule has 1 aromatic heterocycles. The van der Waals surface area contributed by atoms with Gasteiger partial charge in [0.15, 0.2) is 5.82 Å². The first-order valence-electron chi connectivity index (χ1n) is 4.05. The SMILES string of the molecule is NNc1nc(C2CC2)cc(Cl)c1Br. The van der Waals surface area contributed by atoms with Crippen molar-refractivity contribution in [2.75, 3.05) is 5.43 Å². The van der Waals surface area contributed by atoms with Crippen molar-refractivity contribution < 1.29 is 0 Å². The number of pyridine rings is 1. The molecule has 0 aliphatic heterocycles. The highest BCUT2D eigenvalue weighted by molar-refractivity contribution is 9.10. The van der Waals surface area contributed by atoms with Crippen LogP contribution in [0.4, 0.5) is 5.82 Å². The zero-order chi connectivity index (χ0) is 9.42. The molecule has 5 heteroatoms. The molecule has 0 spiro atoms. The summed E-state index contributed by atoms with van der Waals surface area (Å²) in [5, 5.41) is 0.657. The Balaban J connectivity index is 2.43. The molecule has 3 nitrogen and oxygen atoms in total. The lowest BCUT2D eigenvalue weighted by Crippen LogP contribution is -2.10. The number of anilines is 1. The first-order valence-corrected chi connectivity index (χ1v) is 5.22. The lowest BCUT2D eigenvalue weighted by Gasteiger charge is -2.06. The van der Waals surface area contributed by atoms with Crippen molar-refractivity contribution in [3.05, 3.63) is 21.3 Å². The number of hydrogen-bond donors (Lipinski definition) is 2. The summed E-state index contributed by atoms with van der Waals surface area (Å²) in [5.41, 5.74) is 3.55. The minimum Gasteiger partial charge on any atom is -0.307 e. The van der Waals surface area contributed by atoms with Gasteiger partial charge in [0.25, 0.3) is 0 Å². The van der Waals surface area contributed by atoms with E-state index in [1.54, 1.807) is 0 Å². The molecule has 1 fully saturated rings. The predicted octanol–water partition coefficient (Wildman–Crippen LogP) is 2.66. The molecule has 1 aliphatic rings. The zero-order valence-electron chi connectivity index (χ0n) is 6.85. The molecule has 3 N–H and O–H groups in total. The van der Waals surface area contributed by atoms with Crippen molar-refractivity contribution in [1.82, 2.24) is 4.98 Å². The highest BCUT2D eigenvalue weighted by Gasteiger charge is 2.26. The largest absolute Gasteiger partial charge is 0.307 e. The van der Waals surface area contributed by atoms with E-state index in [2.05, 4.69) is 26.3 Å². The van der Waals surface area contributed by atoms with Crippen LogP contribution in [0.2, 0.25) is 5.02 Å². The normalized spacial score (nSPS) is 15.9. The third kappa shape index (κ3) is 1.80. The molecule has 0 saturated heterocycles. The molecule has 0 amide bonds. The van der Waals surface area contributed by atoms with Crippen molar-refractivity contribution in [3.63, 3.8) is 0 Å². The summed E-state index contributed by atoms with van der Waals surface area (Å²) in [5.74, 6) is 6.49. The summed E-state index contributed by atoms with van der Waals surface area (Å²) in [7, 11) is 0. The highest BCUT2D eigenvalue weighted by atomic mass is 79.9. The van der Waals surface area contributed by atoms with E-state index in [9.17, 15) is 0 Å². The number of hydrazine groups is 1. The van der Waals surface area contributed by atoms with Gasteiger partial charge in [-0.1, -0.05) is 11.6 Å². The van der Waals surface area contributed by atoms with Crippen molar-refractivity contribution in [1.29, 1.82) is 0 Å². The maximum atomic E-state index is 5.99. The number of hydrogen-bond acceptors (Lipinski definition) is 3. The summed E-state index contributed by atoms with van der Waals surface area (Å²) >= 11 is 9.29. The lowest BCUT2D eigenvalue weighted by molar-refractivity contribution is 1.01. The van der Waals surface area contributed by atoms with Gasteiger partial charge < -0.3 is 5.43 Å². The summed E-state index contributed by atoms with van der Waals surface area (Å²) in [6.45, 7) is 0. The van der Waals surface area contributed by atoms with Crippen LogP contribution in [0.15, 0.2) is 10.5 Å². The Kier molecular flexibility index (Phi) is 2.45. The van der Waals surface area contributed by atoms with E-state index in [0.717, 1.165) is 10.2 Å². The van der Waals surface area contributed by atoms with Crippen LogP contribution in [0.25, 0.3) is 0 Å². The van der Waals surface area contributed by atoms with Gasteiger partial charge in [0.2, 0.25) is 0 Å². The number of nitrogens with one attached hydrogen (secondary N) is 1. The van der Waals surface area contributed by atoms with Crippen molar-refractivity contribution in [3.8, 4) is 0 Å². The molecule has 2 rings (SSSR count). The number of rotatable bonds is 2. The third-order valence-corrected chi connectivity index (χ3v) is 3.39. The molecule has 1 aromatic rings. The second kappa shape index (κ2) is 3.44. The average molecular weight is 263 g/mol. The van der Waals surface area contributed by atoms with Gasteiger partial charge in [0.1, 0.15) is 0 Å². The van der Waals surface area contributed by atoms with Gasteiger partial charge in [-0.15, -0.1) is 0 Å². The molecule has 0 aromatic carbocycles. The number of nitrogen functional groups attached to an aromatic ring is 1. The second-order valence-electron chi connectivity index (χ2n) is 3.11. The zero-order valence-corrected chi connectivity index (χ0v) is 9.19. The Hall–Kier alpha value is -0.320. The van der Waals surface area contributed by atoms with E-state index in [1.165, 1.54) is 12.8 Å². The molecule has 0 atom stereocenters. The van der Waals surface area contributed by atoms with Crippen LogP contribution in [-0.4, -0.2) is 4.98 Å². The van der Waals surface area contributed by atoms with E-state index in [-0.39, 0.29) is 0 Å². The Morgan fingerprint density at radius 1 is 1.62 bits per heavy atom. The summed E-state index contributed by atoms with van der Waals surface area (Å²) < 4.78 is 0.723. The maximum absolute atomic E-state index is 5.99. The van der Waals surface area contributed by atoms with Gasteiger partial charge in [0.05, 0.1) is 9.50 Å². The molecular weight excluding hydrogens is 253 g/mol. The number of nitrogens with zero attached hydrogens (tertiary/aromatic N) is 1. The smallest absolute Gasteiger partial charge is 0.156 e. The van der Waals surface area contributed by atoms with Crippen LogP contribution >= 0.6 is 27.5 Å². The van der Waals surface area contributed by atoms with Gasteiger partial charge in [-0.25, -0.2) is 10.8 Å². The average Bonchev–Trinajstić information content (AvgIpc) is 2.92. The number of halogens is 2. The first-order chi connectivity index (χ1) is 6.22. The minimum absolute atomic E-state index is 0.581. The highest BCUT2D eigenvalue weighted by Crippen LogP contribution is 2.42. The monoisotopic (exact) mass is 261 g/mol. The van der Waals surface area contributed by atoms with Crippen LogP contribution in [0.1, 0.15) is 24.5 Å². The van der Waals surface area contributed by atoms with Crippen LogP contribution in [-0.2, 0) is 0 Å². The predicted molar refractivity (Wildman–Crippen MR) is 56.7 cm³/mol. The number of nitrogens with two attached hydrogens (primary N) is 1.